The Morgan fingerprint density at radius 2 is 1.91 bits per heavy atom. The standard InChI is InChI=1S/C5H5Cl4OP/c1-4(2-6)5(7)3-11(8,9)10/h2-3H,1H3/b4-2-,5-3+. The van der Waals surface area contributed by atoms with Gasteiger partial charge >= 0.3 is 0 Å². The second-order valence-corrected chi connectivity index (χ2v) is 7.19. The summed E-state index contributed by atoms with van der Waals surface area (Å²) in [7, 11) is 0. The second kappa shape index (κ2) is 4.79. The monoisotopic (exact) mass is 252 g/mol. The summed E-state index contributed by atoms with van der Waals surface area (Å²) in [5, 5.41) is 0.202. The largest absolute Gasteiger partial charge is 0.285 e. The highest BCUT2D eigenvalue weighted by molar-refractivity contribution is 8.10. The maximum atomic E-state index is 10.7. The quantitative estimate of drug-likeness (QED) is 0.506. The molecule has 0 aromatic rings. The lowest BCUT2D eigenvalue weighted by atomic mass is 10.3. The van der Waals surface area contributed by atoms with Gasteiger partial charge in [-0.05, 0) is 35.0 Å². The van der Waals surface area contributed by atoms with Gasteiger partial charge in [-0.3, -0.25) is 4.57 Å². The van der Waals surface area contributed by atoms with E-state index in [1.165, 1.54) is 5.54 Å². The van der Waals surface area contributed by atoms with Crippen LogP contribution in [-0.2, 0) is 4.57 Å². The molecule has 0 bridgehead atoms. The molecule has 1 nitrogen and oxygen atoms in total. The van der Waals surface area contributed by atoms with Gasteiger partial charge in [-0.1, -0.05) is 23.2 Å². The molecule has 0 rings (SSSR count). The predicted octanol–water partition coefficient (Wildman–Crippen LogP) is 4.88. The molecule has 0 aliphatic heterocycles. The molecule has 0 aromatic heterocycles. The predicted molar refractivity (Wildman–Crippen MR) is 52.9 cm³/mol. The van der Waals surface area contributed by atoms with Gasteiger partial charge in [-0.25, -0.2) is 0 Å². The molecule has 0 aliphatic rings. The van der Waals surface area contributed by atoms with Crippen molar-refractivity contribution in [2.75, 3.05) is 0 Å². The van der Waals surface area contributed by atoms with Crippen LogP contribution in [0.2, 0.25) is 0 Å². The number of halogens is 4. The molecule has 0 atom stereocenters. The van der Waals surface area contributed by atoms with E-state index in [9.17, 15) is 4.57 Å². The van der Waals surface area contributed by atoms with Gasteiger partial charge in [0.05, 0.1) is 5.03 Å². The number of allylic oxidation sites excluding steroid dienone is 2. The Kier molecular flexibility index (Phi) is 5.17. The maximum Gasteiger partial charge on any atom is 0.276 e. The third-order valence-corrected chi connectivity index (χ3v) is 2.84. The van der Waals surface area contributed by atoms with Crippen LogP contribution in [0.1, 0.15) is 6.92 Å². The van der Waals surface area contributed by atoms with Crippen molar-refractivity contribution in [1.29, 1.82) is 0 Å². The van der Waals surface area contributed by atoms with Crippen LogP contribution in [-0.4, -0.2) is 0 Å². The Bertz CT molecular complexity index is 239. The molecular formula is C5H5Cl4OP. The average Bonchev–Trinajstić information content (AvgIpc) is 1.82. The maximum absolute atomic E-state index is 10.7. The fourth-order valence-corrected chi connectivity index (χ4v) is 2.28. The zero-order valence-corrected chi connectivity index (χ0v) is 9.44. The van der Waals surface area contributed by atoms with E-state index in [2.05, 4.69) is 0 Å². The fourth-order valence-electron chi connectivity index (χ4n) is 0.286. The number of hydrogen-bond donors (Lipinski definition) is 0. The smallest absolute Gasteiger partial charge is 0.276 e. The van der Waals surface area contributed by atoms with Gasteiger partial charge in [0.25, 0.3) is 5.85 Å². The van der Waals surface area contributed by atoms with Gasteiger partial charge in [0.15, 0.2) is 0 Å². The average molecular weight is 254 g/mol. The molecule has 64 valence electrons. The summed E-state index contributed by atoms with van der Waals surface area (Å²) in [6.45, 7) is 1.65. The molecule has 11 heavy (non-hydrogen) atoms. The highest BCUT2D eigenvalue weighted by Gasteiger charge is 2.10. The van der Waals surface area contributed by atoms with E-state index in [-0.39, 0.29) is 5.03 Å². The molecule has 0 aliphatic carbocycles. The number of hydrogen-bond acceptors (Lipinski definition) is 1. The number of rotatable bonds is 2. The molecular weight excluding hydrogens is 249 g/mol. The van der Waals surface area contributed by atoms with E-state index >= 15 is 0 Å². The Hall–Kier alpha value is 0.870. The van der Waals surface area contributed by atoms with Crippen LogP contribution < -0.4 is 0 Å². The summed E-state index contributed by atoms with van der Waals surface area (Å²) in [6, 6.07) is 0. The van der Waals surface area contributed by atoms with Crippen molar-refractivity contribution in [3.8, 4) is 0 Å². The van der Waals surface area contributed by atoms with Crippen molar-refractivity contribution in [1.82, 2.24) is 0 Å². The summed E-state index contributed by atoms with van der Waals surface area (Å²) in [6.07, 6.45) is 0. The molecule has 0 saturated heterocycles. The lowest BCUT2D eigenvalue weighted by molar-refractivity contribution is 0.597. The lowest BCUT2D eigenvalue weighted by Gasteiger charge is -1.97. The first-order valence-corrected chi connectivity index (χ1v) is 6.91. The Morgan fingerprint density at radius 1 is 1.45 bits per heavy atom. The summed E-state index contributed by atoms with van der Waals surface area (Å²) in [4.78, 5) is 0. The highest BCUT2D eigenvalue weighted by atomic mass is 35.9. The van der Waals surface area contributed by atoms with Crippen LogP contribution in [0.5, 0.6) is 0 Å². The summed E-state index contributed by atoms with van der Waals surface area (Å²) < 4.78 is 10.7. The van der Waals surface area contributed by atoms with Gasteiger partial charge in [-0.15, -0.1) is 0 Å². The Labute approximate surface area is 84.9 Å². The summed E-state index contributed by atoms with van der Waals surface area (Å²) in [5.74, 6) is -2.16. The van der Waals surface area contributed by atoms with Crippen LogP contribution in [0.25, 0.3) is 0 Å². The minimum atomic E-state index is -3.24. The second-order valence-electron chi connectivity index (χ2n) is 1.77. The first-order valence-electron chi connectivity index (χ1n) is 2.51. The summed E-state index contributed by atoms with van der Waals surface area (Å²) >= 11 is 21.3. The van der Waals surface area contributed by atoms with E-state index < -0.39 is 5.85 Å². The third-order valence-electron chi connectivity index (χ3n) is 0.804. The Balaban J connectivity index is 4.62. The molecule has 0 heterocycles. The first-order chi connectivity index (χ1) is 4.87. The first kappa shape index (κ1) is 11.9. The van der Waals surface area contributed by atoms with Crippen molar-refractivity contribution in [3.63, 3.8) is 0 Å². The molecule has 0 spiro atoms. The van der Waals surface area contributed by atoms with E-state index in [4.69, 9.17) is 45.7 Å². The Morgan fingerprint density at radius 3 is 2.18 bits per heavy atom. The van der Waals surface area contributed by atoms with Gasteiger partial charge in [0.1, 0.15) is 0 Å². The van der Waals surface area contributed by atoms with Crippen molar-refractivity contribution < 1.29 is 4.57 Å². The minimum absolute atomic E-state index is 0.202. The zero-order chi connectivity index (χ0) is 9.07. The molecule has 0 radical (unpaired) electrons. The molecule has 0 N–H and O–H groups in total. The van der Waals surface area contributed by atoms with Crippen LogP contribution in [0.4, 0.5) is 0 Å². The van der Waals surface area contributed by atoms with Gasteiger partial charge in [0.2, 0.25) is 0 Å². The topological polar surface area (TPSA) is 17.1 Å². The molecule has 6 heteroatoms. The van der Waals surface area contributed by atoms with Crippen LogP contribution in [0.15, 0.2) is 22.0 Å². The van der Waals surface area contributed by atoms with Gasteiger partial charge in [-0.2, -0.15) is 0 Å². The van der Waals surface area contributed by atoms with E-state index in [0.717, 1.165) is 5.82 Å². The third kappa shape index (κ3) is 6.07. The van der Waals surface area contributed by atoms with Gasteiger partial charge < -0.3 is 0 Å². The van der Waals surface area contributed by atoms with Crippen molar-refractivity contribution in [3.05, 3.63) is 22.0 Å². The SMILES string of the molecule is CC(=C/Cl)/C(Cl)=C\P(=O)(Cl)Cl. The summed E-state index contributed by atoms with van der Waals surface area (Å²) in [5.41, 5.74) is 1.82. The van der Waals surface area contributed by atoms with Gasteiger partial charge in [0, 0.05) is 11.4 Å². The molecule has 0 saturated carbocycles. The zero-order valence-electron chi connectivity index (χ0n) is 5.52. The van der Waals surface area contributed by atoms with E-state index in [1.807, 2.05) is 0 Å². The van der Waals surface area contributed by atoms with Crippen molar-refractivity contribution in [2.45, 2.75) is 6.92 Å². The van der Waals surface area contributed by atoms with E-state index in [1.54, 1.807) is 6.92 Å². The van der Waals surface area contributed by atoms with Crippen molar-refractivity contribution in [2.24, 2.45) is 0 Å². The van der Waals surface area contributed by atoms with Crippen LogP contribution in [0.3, 0.4) is 0 Å². The molecule has 0 amide bonds. The lowest BCUT2D eigenvalue weighted by Crippen LogP contribution is -1.71. The van der Waals surface area contributed by atoms with Crippen molar-refractivity contribution >= 4 is 51.5 Å². The molecule has 0 unspecified atom stereocenters. The highest BCUT2D eigenvalue weighted by Crippen LogP contribution is 2.59. The van der Waals surface area contributed by atoms with E-state index in [0.29, 0.717) is 5.57 Å². The van der Waals surface area contributed by atoms with Crippen LogP contribution >= 0.6 is 51.5 Å². The fraction of sp³-hybridized carbons (Fsp3) is 0.200. The molecule has 0 fully saturated rings. The normalized spacial score (nSPS) is 15.4. The van der Waals surface area contributed by atoms with Crippen LogP contribution in [0, 0.1) is 0 Å². The molecule has 0 aromatic carbocycles. The minimum Gasteiger partial charge on any atom is -0.285 e.